The summed E-state index contributed by atoms with van der Waals surface area (Å²) < 4.78 is 18.8. The number of aromatic nitrogens is 1. The third-order valence-electron chi connectivity index (χ3n) is 3.16. The number of anilines is 2. The summed E-state index contributed by atoms with van der Waals surface area (Å²) in [6.07, 6.45) is 1.65. The average Bonchev–Trinajstić information content (AvgIpc) is 3.00. The van der Waals surface area contributed by atoms with Crippen molar-refractivity contribution < 1.29 is 9.13 Å². The number of nitrogens with zero attached hydrogens (tertiary/aromatic N) is 2. The second-order valence-corrected chi connectivity index (χ2v) is 6.31. The monoisotopic (exact) mass is 376 g/mol. The quantitative estimate of drug-likeness (QED) is 0.489. The summed E-state index contributed by atoms with van der Waals surface area (Å²) in [5.41, 5.74) is 9.91. The number of benzene rings is 2. The van der Waals surface area contributed by atoms with Crippen LogP contribution in [0.4, 0.5) is 15.3 Å². The van der Waals surface area contributed by atoms with Gasteiger partial charge in [-0.3, -0.25) is 5.43 Å². The fourth-order valence-corrected chi connectivity index (χ4v) is 2.75. The van der Waals surface area contributed by atoms with E-state index in [0.29, 0.717) is 27.3 Å². The number of hydrazone groups is 1. The molecular weight excluding hydrogens is 363 g/mol. The molecule has 0 spiro atoms. The molecule has 3 N–H and O–H groups in total. The number of halogens is 2. The number of nitrogens with one attached hydrogen (secondary N) is 1. The molecule has 0 radical (unpaired) electrons. The van der Waals surface area contributed by atoms with Crippen LogP contribution < -0.4 is 15.9 Å². The average molecular weight is 377 g/mol. The minimum Gasteiger partial charge on any atom is -0.489 e. The number of hydrogen-bond donors (Lipinski definition) is 2. The van der Waals surface area contributed by atoms with Gasteiger partial charge in [-0.1, -0.05) is 29.8 Å². The van der Waals surface area contributed by atoms with Crippen LogP contribution in [-0.4, -0.2) is 11.2 Å². The van der Waals surface area contributed by atoms with Crippen LogP contribution in [0.25, 0.3) is 0 Å². The molecule has 0 aliphatic heterocycles. The maximum absolute atomic E-state index is 13.0. The van der Waals surface area contributed by atoms with E-state index in [2.05, 4.69) is 15.5 Å². The molecule has 0 aliphatic carbocycles. The molecule has 0 amide bonds. The molecule has 1 aromatic heterocycles. The Morgan fingerprint density at radius 1 is 1.32 bits per heavy atom. The minimum absolute atomic E-state index is 0.246. The first-order valence-electron chi connectivity index (χ1n) is 7.27. The van der Waals surface area contributed by atoms with Crippen LogP contribution in [0.3, 0.4) is 0 Å². The number of nitrogen functional groups attached to an aromatic ring is 1. The molecule has 0 aliphatic rings. The molecule has 3 aromatic rings. The highest BCUT2D eigenvalue weighted by molar-refractivity contribution is 7.14. The maximum Gasteiger partial charge on any atom is 0.205 e. The first-order valence-corrected chi connectivity index (χ1v) is 8.53. The Morgan fingerprint density at radius 3 is 2.96 bits per heavy atom. The van der Waals surface area contributed by atoms with Gasteiger partial charge in [0.25, 0.3) is 0 Å². The second-order valence-electron chi connectivity index (χ2n) is 5.04. The highest BCUT2D eigenvalue weighted by Gasteiger charge is 2.03. The SMILES string of the molecule is Nc1csc(NN=Cc2cccc(OCc3ccc(F)cc3Cl)c2)n1. The van der Waals surface area contributed by atoms with Gasteiger partial charge in [0, 0.05) is 10.9 Å². The molecule has 0 bridgehead atoms. The van der Waals surface area contributed by atoms with E-state index in [1.54, 1.807) is 17.7 Å². The molecule has 0 saturated heterocycles. The summed E-state index contributed by atoms with van der Waals surface area (Å²) >= 11 is 7.36. The molecule has 0 saturated carbocycles. The third kappa shape index (κ3) is 4.91. The molecule has 0 unspecified atom stereocenters. The molecule has 25 heavy (non-hydrogen) atoms. The molecule has 128 valence electrons. The summed E-state index contributed by atoms with van der Waals surface area (Å²) in [6, 6.07) is 11.6. The fraction of sp³-hybridized carbons (Fsp3) is 0.0588. The number of rotatable bonds is 6. The number of ether oxygens (including phenoxy) is 1. The molecule has 8 heteroatoms. The third-order valence-corrected chi connectivity index (χ3v) is 4.28. The standard InChI is InChI=1S/C17H14ClFN4OS/c18-15-7-13(19)5-4-12(15)9-24-14-3-1-2-11(6-14)8-21-23-17-22-16(20)10-25-17/h1-8,10H,9,20H2,(H,22,23). The zero-order valence-electron chi connectivity index (χ0n) is 12.9. The zero-order chi connectivity index (χ0) is 17.6. The Kier molecular flexibility index (Phi) is 5.47. The van der Waals surface area contributed by atoms with Crippen molar-refractivity contribution in [3.63, 3.8) is 0 Å². The van der Waals surface area contributed by atoms with E-state index in [1.165, 1.54) is 23.5 Å². The summed E-state index contributed by atoms with van der Waals surface area (Å²) in [6.45, 7) is 0.246. The van der Waals surface area contributed by atoms with Gasteiger partial charge in [-0.2, -0.15) is 5.10 Å². The van der Waals surface area contributed by atoms with E-state index in [9.17, 15) is 4.39 Å². The van der Waals surface area contributed by atoms with Gasteiger partial charge in [-0.05, 0) is 29.8 Å². The summed E-state index contributed by atoms with van der Waals surface area (Å²) in [4.78, 5) is 4.04. The van der Waals surface area contributed by atoms with E-state index in [1.807, 2.05) is 24.3 Å². The van der Waals surface area contributed by atoms with Gasteiger partial charge >= 0.3 is 0 Å². The lowest BCUT2D eigenvalue weighted by Gasteiger charge is -2.08. The summed E-state index contributed by atoms with van der Waals surface area (Å²) in [7, 11) is 0. The van der Waals surface area contributed by atoms with Gasteiger partial charge in [-0.15, -0.1) is 11.3 Å². The van der Waals surface area contributed by atoms with Crippen molar-refractivity contribution in [1.82, 2.24) is 4.98 Å². The van der Waals surface area contributed by atoms with Crippen molar-refractivity contribution in [3.05, 3.63) is 69.8 Å². The first kappa shape index (κ1) is 17.2. The first-order chi connectivity index (χ1) is 12.1. The van der Waals surface area contributed by atoms with Crippen molar-refractivity contribution >= 4 is 40.1 Å². The molecule has 0 atom stereocenters. The Hall–Kier alpha value is -2.64. The predicted molar refractivity (Wildman–Crippen MR) is 99.9 cm³/mol. The van der Waals surface area contributed by atoms with Crippen LogP contribution in [-0.2, 0) is 6.61 Å². The van der Waals surface area contributed by atoms with Crippen LogP contribution in [0.15, 0.2) is 52.9 Å². The summed E-state index contributed by atoms with van der Waals surface area (Å²) in [5, 5.41) is 6.79. The lowest BCUT2D eigenvalue weighted by molar-refractivity contribution is 0.306. The zero-order valence-corrected chi connectivity index (χ0v) is 14.5. The minimum atomic E-state index is -0.374. The van der Waals surface area contributed by atoms with Crippen molar-refractivity contribution in [2.45, 2.75) is 6.61 Å². The van der Waals surface area contributed by atoms with Gasteiger partial charge in [0.1, 0.15) is 24.0 Å². The second kappa shape index (κ2) is 7.96. The van der Waals surface area contributed by atoms with Gasteiger partial charge in [0.05, 0.1) is 11.2 Å². The van der Waals surface area contributed by atoms with E-state index < -0.39 is 0 Å². The van der Waals surface area contributed by atoms with Crippen LogP contribution >= 0.6 is 22.9 Å². The van der Waals surface area contributed by atoms with Crippen molar-refractivity contribution in [1.29, 1.82) is 0 Å². The van der Waals surface area contributed by atoms with E-state index >= 15 is 0 Å². The lowest BCUT2D eigenvalue weighted by atomic mass is 10.2. The van der Waals surface area contributed by atoms with Gasteiger partial charge in [-0.25, -0.2) is 9.37 Å². The number of thiazole rings is 1. The molecule has 3 rings (SSSR count). The lowest BCUT2D eigenvalue weighted by Crippen LogP contribution is -1.97. The smallest absolute Gasteiger partial charge is 0.205 e. The highest BCUT2D eigenvalue weighted by Crippen LogP contribution is 2.20. The van der Waals surface area contributed by atoms with Crippen LogP contribution in [0, 0.1) is 5.82 Å². The normalized spacial score (nSPS) is 11.0. The van der Waals surface area contributed by atoms with Crippen molar-refractivity contribution in [3.8, 4) is 5.75 Å². The predicted octanol–water partition coefficient (Wildman–Crippen LogP) is 4.54. The van der Waals surface area contributed by atoms with E-state index in [-0.39, 0.29) is 12.4 Å². The Morgan fingerprint density at radius 2 is 2.20 bits per heavy atom. The van der Waals surface area contributed by atoms with Gasteiger partial charge < -0.3 is 10.5 Å². The van der Waals surface area contributed by atoms with E-state index in [4.69, 9.17) is 22.1 Å². The van der Waals surface area contributed by atoms with Crippen LogP contribution in [0.1, 0.15) is 11.1 Å². The van der Waals surface area contributed by atoms with Gasteiger partial charge in [0.2, 0.25) is 5.13 Å². The van der Waals surface area contributed by atoms with E-state index in [0.717, 1.165) is 5.56 Å². The summed E-state index contributed by atoms with van der Waals surface area (Å²) in [5.74, 6) is 0.738. The largest absolute Gasteiger partial charge is 0.489 e. The number of nitrogens with two attached hydrogens (primary N) is 1. The molecule has 1 heterocycles. The maximum atomic E-state index is 13.0. The van der Waals surface area contributed by atoms with Crippen molar-refractivity contribution in [2.75, 3.05) is 11.2 Å². The Bertz CT molecular complexity index is 900. The molecule has 0 fully saturated rings. The van der Waals surface area contributed by atoms with Gasteiger partial charge in [0.15, 0.2) is 0 Å². The topological polar surface area (TPSA) is 72.5 Å². The van der Waals surface area contributed by atoms with Crippen LogP contribution in [0.2, 0.25) is 5.02 Å². The van der Waals surface area contributed by atoms with Crippen LogP contribution in [0.5, 0.6) is 5.75 Å². The molecule has 2 aromatic carbocycles. The van der Waals surface area contributed by atoms with Crippen molar-refractivity contribution in [2.24, 2.45) is 5.10 Å². The molecular formula is C17H14ClFN4OS. The Labute approximate surface area is 152 Å². The molecule has 5 nitrogen and oxygen atoms in total. The number of hydrogen-bond acceptors (Lipinski definition) is 6. The highest BCUT2D eigenvalue weighted by atomic mass is 35.5. The fourth-order valence-electron chi connectivity index (χ4n) is 1.98. The Balaban J connectivity index is 1.61.